The van der Waals surface area contributed by atoms with Crippen molar-refractivity contribution in [3.8, 4) is 5.75 Å². The van der Waals surface area contributed by atoms with Crippen LogP contribution >= 0.6 is 11.8 Å². The summed E-state index contributed by atoms with van der Waals surface area (Å²) in [5, 5.41) is 0. The third-order valence-corrected chi connectivity index (χ3v) is 5.08. The Balaban J connectivity index is 2.12. The normalized spacial score (nSPS) is 25.1. The van der Waals surface area contributed by atoms with Gasteiger partial charge in [0.15, 0.2) is 0 Å². The maximum Gasteiger partial charge on any atom is 0.137 e. The van der Waals surface area contributed by atoms with Crippen molar-refractivity contribution in [2.24, 2.45) is 5.73 Å². The Morgan fingerprint density at radius 2 is 2.39 bits per heavy atom. The van der Waals surface area contributed by atoms with E-state index >= 15 is 0 Å². The first-order valence-corrected chi connectivity index (χ1v) is 7.61. The number of hydrogen-bond donors (Lipinski definition) is 1. The minimum atomic E-state index is 0.0303. The van der Waals surface area contributed by atoms with Crippen LogP contribution in [0.2, 0.25) is 0 Å². The van der Waals surface area contributed by atoms with Crippen LogP contribution in [0.5, 0.6) is 5.75 Å². The Kier molecular flexibility index (Phi) is 4.51. The molecule has 100 valence electrons. The van der Waals surface area contributed by atoms with Gasteiger partial charge in [0, 0.05) is 17.0 Å². The van der Waals surface area contributed by atoms with E-state index in [4.69, 9.17) is 10.5 Å². The molecule has 1 aromatic heterocycles. The van der Waals surface area contributed by atoms with Crippen LogP contribution in [0, 0.1) is 0 Å². The van der Waals surface area contributed by atoms with Gasteiger partial charge in [0.1, 0.15) is 5.75 Å². The van der Waals surface area contributed by atoms with Gasteiger partial charge in [-0.25, -0.2) is 0 Å². The predicted octanol–water partition coefficient (Wildman–Crippen LogP) is 3.16. The minimum absolute atomic E-state index is 0.0303. The second-order valence-corrected chi connectivity index (χ2v) is 6.67. The Labute approximate surface area is 114 Å². The Morgan fingerprint density at radius 1 is 1.56 bits per heavy atom. The van der Waals surface area contributed by atoms with Crippen LogP contribution in [-0.4, -0.2) is 22.1 Å². The lowest BCUT2D eigenvalue weighted by Gasteiger charge is -2.30. The number of ether oxygens (including phenoxy) is 1. The summed E-state index contributed by atoms with van der Waals surface area (Å²) in [6, 6.07) is 2.07. The molecule has 2 N–H and O–H groups in total. The molecule has 3 nitrogen and oxygen atoms in total. The average Bonchev–Trinajstić information content (AvgIpc) is 2.84. The van der Waals surface area contributed by atoms with E-state index in [-0.39, 0.29) is 10.8 Å². The minimum Gasteiger partial charge on any atom is -0.492 e. The summed E-state index contributed by atoms with van der Waals surface area (Å²) in [6.07, 6.45) is 7.07. The lowest BCUT2D eigenvalue weighted by Crippen LogP contribution is -2.33. The van der Waals surface area contributed by atoms with Gasteiger partial charge in [-0.15, -0.1) is 0 Å². The summed E-state index contributed by atoms with van der Waals surface area (Å²) >= 11 is 1.98. The first-order valence-electron chi connectivity index (χ1n) is 6.63. The molecular formula is C14H22N2OS. The van der Waals surface area contributed by atoms with Crippen LogP contribution < -0.4 is 10.5 Å². The van der Waals surface area contributed by atoms with Crippen LogP contribution in [0.15, 0.2) is 18.5 Å². The van der Waals surface area contributed by atoms with Gasteiger partial charge in [-0.05, 0) is 43.6 Å². The number of thioether (sulfide) groups is 1. The van der Waals surface area contributed by atoms with Gasteiger partial charge < -0.3 is 10.5 Å². The van der Waals surface area contributed by atoms with E-state index in [1.54, 1.807) is 6.20 Å². The molecule has 2 atom stereocenters. The van der Waals surface area contributed by atoms with Crippen molar-refractivity contribution in [3.63, 3.8) is 0 Å². The molecule has 0 radical (unpaired) electrons. The number of nitrogens with two attached hydrogens (primary N) is 1. The van der Waals surface area contributed by atoms with Gasteiger partial charge >= 0.3 is 0 Å². The molecule has 1 fully saturated rings. The van der Waals surface area contributed by atoms with E-state index in [0.717, 1.165) is 24.3 Å². The van der Waals surface area contributed by atoms with Crippen molar-refractivity contribution in [3.05, 3.63) is 24.0 Å². The summed E-state index contributed by atoms with van der Waals surface area (Å²) in [4.78, 5) is 4.25. The molecule has 0 spiro atoms. The summed E-state index contributed by atoms with van der Waals surface area (Å²) in [7, 11) is 0. The Bertz CT molecular complexity index is 391. The summed E-state index contributed by atoms with van der Waals surface area (Å²) < 4.78 is 5.76. The van der Waals surface area contributed by atoms with Crippen molar-refractivity contribution in [1.82, 2.24) is 4.98 Å². The summed E-state index contributed by atoms with van der Waals surface area (Å²) in [5.41, 5.74) is 7.50. The van der Waals surface area contributed by atoms with Crippen LogP contribution in [0.4, 0.5) is 0 Å². The van der Waals surface area contributed by atoms with Crippen LogP contribution in [0.1, 0.15) is 44.7 Å². The van der Waals surface area contributed by atoms with Crippen LogP contribution in [0.3, 0.4) is 0 Å². The molecule has 0 aliphatic carbocycles. The zero-order valence-electron chi connectivity index (χ0n) is 11.2. The highest BCUT2D eigenvalue weighted by molar-refractivity contribution is 8.00. The van der Waals surface area contributed by atoms with Crippen LogP contribution in [0.25, 0.3) is 0 Å². The van der Waals surface area contributed by atoms with Gasteiger partial charge in [-0.3, -0.25) is 4.98 Å². The van der Waals surface area contributed by atoms with Gasteiger partial charge in [0.25, 0.3) is 0 Å². The van der Waals surface area contributed by atoms with Crippen molar-refractivity contribution in [1.29, 1.82) is 0 Å². The second-order valence-electron chi connectivity index (χ2n) is 5.04. The van der Waals surface area contributed by atoms with E-state index in [0.29, 0.717) is 0 Å². The zero-order valence-corrected chi connectivity index (χ0v) is 12.0. The number of rotatable bonds is 5. The van der Waals surface area contributed by atoms with Gasteiger partial charge in [0.05, 0.1) is 12.8 Å². The molecule has 1 aromatic rings. The molecule has 0 aromatic carbocycles. The summed E-state index contributed by atoms with van der Waals surface area (Å²) in [5.74, 6) is 2.04. The van der Waals surface area contributed by atoms with Crippen molar-refractivity contribution < 1.29 is 4.74 Å². The molecule has 1 saturated heterocycles. The molecule has 1 aliphatic rings. The largest absolute Gasteiger partial charge is 0.492 e. The van der Waals surface area contributed by atoms with E-state index < -0.39 is 0 Å². The van der Waals surface area contributed by atoms with Crippen molar-refractivity contribution >= 4 is 11.8 Å². The second kappa shape index (κ2) is 5.93. The lowest BCUT2D eigenvalue weighted by atomic mass is 9.92. The quantitative estimate of drug-likeness (QED) is 0.889. The third kappa shape index (κ3) is 2.98. The molecule has 18 heavy (non-hydrogen) atoms. The first-order chi connectivity index (χ1) is 8.65. The standard InChI is InChI=1S/C14H22N2OS/c1-3-6-17-12-8-11(9-16-10-12)13(15)14(2)5-4-7-18-14/h8-10,13H,3-7,15H2,1-2H3. The van der Waals surface area contributed by atoms with Crippen LogP contribution in [-0.2, 0) is 0 Å². The third-order valence-electron chi connectivity index (χ3n) is 3.47. The van der Waals surface area contributed by atoms with E-state index in [1.165, 1.54) is 18.6 Å². The molecule has 4 heteroatoms. The Morgan fingerprint density at radius 3 is 3.06 bits per heavy atom. The fraction of sp³-hybridized carbons (Fsp3) is 0.643. The molecule has 1 aliphatic heterocycles. The number of pyridine rings is 1. The molecular weight excluding hydrogens is 244 g/mol. The van der Waals surface area contributed by atoms with E-state index in [2.05, 4.69) is 18.8 Å². The maximum absolute atomic E-state index is 6.42. The number of aromatic nitrogens is 1. The number of hydrogen-bond acceptors (Lipinski definition) is 4. The molecule has 2 unspecified atom stereocenters. The average molecular weight is 266 g/mol. The molecule has 2 rings (SSSR count). The highest BCUT2D eigenvalue weighted by Crippen LogP contribution is 2.45. The fourth-order valence-corrected chi connectivity index (χ4v) is 3.66. The van der Waals surface area contributed by atoms with Crippen molar-refractivity contribution in [2.45, 2.75) is 43.9 Å². The van der Waals surface area contributed by atoms with E-state index in [9.17, 15) is 0 Å². The lowest BCUT2D eigenvalue weighted by molar-refractivity contribution is 0.315. The van der Waals surface area contributed by atoms with E-state index in [1.807, 2.05) is 24.0 Å². The molecule has 0 bridgehead atoms. The molecule has 2 heterocycles. The number of nitrogens with zero attached hydrogens (tertiary/aromatic N) is 1. The summed E-state index contributed by atoms with van der Waals surface area (Å²) in [6.45, 7) is 5.08. The maximum atomic E-state index is 6.42. The highest BCUT2D eigenvalue weighted by Gasteiger charge is 2.36. The first kappa shape index (κ1) is 13.7. The monoisotopic (exact) mass is 266 g/mol. The predicted molar refractivity (Wildman–Crippen MR) is 77.0 cm³/mol. The zero-order chi connectivity index (χ0) is 13.0. The van der Waals surface area contributed by atoms with Crippen molar-refractivity contribution in [2.75, 3.05) is 12.4 Å². The molecule has 0 saturated carbocycles. The fourth-order valence-electron chi connectivity index (χ4n) is 2.30. The Hall–Kier alpha value is -0.740. The van der Waals surface area contributed by atoms with Gasteiger partial charge in [-0.1, -0.05) is 6.92 Å². The van der Waals surface area contributed by atoms with Gasteiger partial charge in [0.2, 0.25) is 0 Å². The topological polar surface area (TPSA) is 48.1 Å². The smallest absolute Gasteiger partial charge is 0.137 e. The van der Waals surface area contributed by atoms with Gasteiger partial charge in [-0.2, -0.15) is 11.8 Å². The molecule has 0 amide bonds. The highest BCUT2D eigenvalue weighted by atomic mass is 32.2. The SMILES string of the molecule is CCCOc1cncc(C(N)C2(C)CCCS2)c1.